The van der Waals surface area contributed by atoms with Gasteiger partial charge in [0.25, 0.3) is 0 Å². The Hall–Kier alpha value is -0.400. The van der Waals surface area contributed by atoms with Crippen LogP contribution in [0.25, 0.3) is 11.1 Å². The van der Waals surface area contributed by atoms with Gasteiger partial charge in [0, 0.05) is 0 Å². The normalized spacial score (nSPS) is 15.6. The average molecular weight is 450 g/mol. The van der Waals surface area contributed by atoms with Crippen LogP contribution in [0.3, 0.4) is 0 Å². The standard InChI is InChI=1S/C20H19Si.2ClH.Zr/c1-21(2)19-13-7-12-18(19)20-16-10-5-3-8-14(16)15-9-4-6-11-17(15)20;;;/h3-6,8-11,13,20-21H,7H2,1-2H3;2*1H;/q;;;+2/p-2. The largest absolute Gasteiger partial charge is 1.00 e. The SMILES string of the molecule is C[SiH](C)C1=CC[C]([Zr+2])=C1C1c2ccccc2-c2ccccc21.[Cl-].[Cl-]. The van der Waals surface area contributed by atoms with Crippen molar-refractivity contribution in [2.24, 2.45) is 0 Å². The van der Waals surface area contributed by atoms with Gasteiger partial charge in [-0.1, -0.05) is 0 Å². The first-order valence-corrected chi connectivity index (χ1v) is 12.1. The van der Waals surface area contributed by atoms with Crippen LogP contribution < -0.4 is 24.8 Å². The molecular weight excluding hydrogens is 430 g/mol. The number of benzene rings is 2. The van der Waals surface area contributed by atoms with Crippen molar-refractivity contribution in [3.63, 3.8) is 0 Å². The molecule has 0 saturated carbocycles. The molecule has 0 saturated heterocycles. The molecule has 0 nitrogen and oxygen atoms in total. The molecule has 0 bridgehead atoms. The zero-order chi connectivity index (χ0) is 15.3. The summed E-state index contributed by atoms with van der Waals surface area (Å²) >= 11 is 1.59. The molecule has 2 aromatic carbocycles. The smallest absolute Gasteiger partial charge is 1.00 e. The van der Waals surface area contributed by atoms with Crippen LogP contribution in [0.2, 0.25) is 13.1 Å². The molecule has 2 aromatic rings. The third-order valence-electron chi connectivity index (χ3n) is 4.91. The molecule has 0 amide bonds. The Morgan fingerprint density at radius 3 is 1.88 bits per heavy atom. The predicted molar refractivity (Wildman–Crippen MR) is 92.3 cm³/mol. The molecular formula is C20H19Cl2SiZr. The Labute approximate surface area is 173 Å². The summed E-state index contributed by atoms with van der Waals surface area (Å²) in [5.74, 6) is 0.477. The van der Waals surface area contributed by atoms with E-state index in [4.69, 9.17) is 0 Å². The van der Waals surface area contributed by atoms with Gasteiger partial charge in [-0.25, -0.2) is 0 Å². The van der Waals surface area contributed by atoms with E-state index in [9.17, 15) is 0 Å². The summed E-state index contributed by atoms with van der Waals surface area (Å²) in [5, 5.41) is 1.71. The van der Waals surface area contributed by atoms with E-state index in [1.807, 2.05) is 0 Å². The number of allylic oxidation sites excluding steroid dienone is 4. The molecule has 2 aliphatic rings. The van der Waals surface area contributed by atoms with Gasteiger partial charge in [0.05, 0.1) is 0 Å². The molecule has 0 unspecified atom stereocenters. The van der Waals surface area contributed by atoms with Crippen molar-refractivity contribution < 1.29 is 49.5 Å². The number of hydrogen-bond acceptors (Lipinski definition) is 0. The fourth-order valence-corrected chi connectivity index (χ4v) is 6.83. The van der Waals surface area contributed by atoms with E-state index < -0.39 is 8.80 Å². The molecule has 0 spiro atoms. The van der Waals surface area contributed by atoms with Crippen LogP contribution in [-0.2, 0) is 24.7 Å². The predicted octanol–water partition coefficient (Wildman–Crippen LogP) is -1.04. The first kappa shape index (κ1) is 19.9. The summed E-state index contributed by atoms with van der Waals surface area (Å²) in [6.07, 6.45) is 3.72. The maximum Gasteiger partial charge on any atom is -1.00 e. The zero-order valence-corrected chi connectivity index (χ0v) is 18.9. The molecule has 0 atom stereocenters. The van der Waals surface area contributed by atoms with Crippen LogP contribution in [0.5, 0.6) is 0 Å². The van der Waals surface area contributed by atoms with Crippen molar-refractivity contribution in [1.82, 2.24) is 0 Å². The first-order valence-electron chi connectivity index (χ1n) is 8.01. The van der Waals surface area contributed by atoms with E-state index >= 15 is 0 Å². The van der Waals surface area contributed by atoms with E-state index in [0.717, 1.165) is 0 Å². The van der Waals surface area contributed by atoms with Crippen molar-refractivity contribution in [3.8, 4) is 11.1 Å². The monoisotopic (exact) mass is 447 g/mol. The Bertz CT molecular complexity index is 778. The second kappa shape index (κ2) is 7.87. The second-order valence-corrected chi connectivity index (χ2v) is 10.9. The van der Waals surface area contributed by atoms with Gasteiger partial charge in [0.2, 0.25) is 0 Å². The van der Waals surface area contributed by atoms with Gasteiger partial charge in [0.15, 0.2) is 0 Å². The van der Waals surface area contributed by atoms with E-state index in [2.05, 4.69) is 67.7 Å². The molecule has 2 aliphatic carbocycles. The molecule has 0 radical (unpaired) electrons. The van der Waals surface area contributed by atoms with Crippen LogP contribution in [0.1, 0.15) is 23.5 Å². The summed E-state index contributed by atoms with van der Waals surface area (Å²) in [4.78, 5) is 0. The number of hydrogen-bond donors (Lipinski definition) is 0. The van der Waals surface area contributed by atoms with Crippen molar-refractivity contribution in [2.45, 2.75) is 25.4 Å². The Kier molecular flexibility index (Phi) is 6.53. The fourth-order valence-electron chi connectivity index (χ4n) is 3.96. The van der Waals surface area contributed by atoms with E-state index in [0.29, 0.717) is 5.92 Å². The molecule has 24 heavy (non-hydrogen) atoms. The summed E-state index contributed by atoms with van der Waals surface area (Å²) in [5.41, 5.74) is 7.59. The van der Waals surface area contributed by atoms with Gasteiger partial charge in [-0.2, -0.15) is 0 Å². The molecule has 0 fully saturated rings. The van der Waals surface area contributed by atoms with Gasteiger partial charge in [-0.05, 0) is 0 Å². The van der Waals surface area contributed by atoms with Gasteiger partial charge in [-0.3, -0.25) is 0 Å². The van der Waals surface area contributed by atoms with Crippen LogP contribution >= 0.6 is 0 Å². The van der Waals surface area contributed by atoms with Crippen molar-refractivity contribution >= 4 is 8.80 Å². The van der Waals surface area contributed by atoms with Gasteiger partial charge < -0.3 is 24.8 Å². The zero-order valence-electron chi connectivity index (χ0n) is 13.8. The molecule has 4 rings (SSSR count). The summed E-state index contributed by atoms with van der Waals surface area (Å²) in [6.45, 7) is 4.93. The van der Waals surface area contributed by atoms with E-state index in [1.54, 1.807) is 38.8 Å². The quantitative estimate of drug-likeness (QED) is 0.515. The average Bonchev–Trinajstić information content (AvgIpc) is 3.05. The van der Waals surface area contributed by atoms with Crippen molar-refractivity contribution in [2.75, 3.05) is 0 Å². The van der Waals surface area contributed by atoms with Crippen molar-refractivity contribution in [1.29, 1.82) is 0 Å². The molecule has 0 aromatic heterocycles. The summed E-state index contributed by atoms with van der Waals surface area (Å²) < 4.78 is 1.67. The topological polar surface area (TPSA) is 0 Å². The minimum absolute atomic E-state index is 0. The van der Waals surface area contributed by atoms with E-state index in [-0.39, 0.29) is 24.8 Å². The molecule has 4 heteroatoms. The third kappa shape index (κ3) is 3.07. The minimum atomic E-state index is -0.786. The van der Waals surface area contributed by atoms with Gasteiger partial charge in [0.1, 0.15) is 0 Å². The number of halogens is 2. The molecule has 0 aliphatic heterocycles. The fraction of sp³-hybridized carbons (Fsp3) is 0.200. The molecule has 0 heterocycles. The van der Waals surface area contributed by atoms with Crippen LogP contribution in [0.4, 0.5) is 0 Å². The third-order valence-corrected chi connectivity index (χ3v) is 7.86. The summed E-state index contributed by atoms with van der Waals surface area (Å²) in [6, 6.07) is 18.0. The van der Waals surface area contributed by atoms with Crippen LogP contribution in [0, 0.1) is 0 Å². The Morgan fingerprint density at radius 1 is 0.875 bits per heavy atom. The second-order valence-electron chi connectivity index (χ2n) is 6.52. The summed E-state index contributed by atoms with van der Waals surface area (Å²) in [7, 11) is -0.786. The molecule has 121 valence electrons. The van der Waals surface area contributed by atoms with E-state index in [1.165, 1.54) is 28.7 Å². The number of rotatable bonds is 2. The maximum absolute atomic E-state index is 2.53. The van der Waals surface area contributed by atoms with Crippen LogP contribution in [-0.4, -0.2) is 8.80 Å². The minimum Gasteiger partial charge on any atom is -1.00 e. The van der Waals surface area contributed by atoms with Gasteiger partial charge >= 0.3 is 150 Å². The first-order chi connectivity index (χ1) is 10.7. The van der Waals surface area contributed by atoms with Crippen LogP contribution in [0.15, 0.2) is 68.7 Å². The molecule has 0 N–H and O–H groups in total. The Morgan fingerprint density at radius 2 is 1.38 bits per heavy atom. The maximum atomic E-state index is 2.53. The van der Waals surface area contributed by atoms with Crippen molar-refractivity contribution in [3.05, 3.63) is 79.8 Å². The van der Waals surface area contributed by atoms with Gasteiger partial charge in [-0.15, -0.1) is 0 Å². The number of fused-ring (bicyclic) bond motifs is 3. The Balaban J connectivity index is 0.00000104.